The first-order chi connectivity index (χ1) is 17.8. The highest BCUT2D eigenvalue weighted by atomic mass is 35.5. The molecule has 0 aliphatic carbocycles. The Labute approximate surface area is 238 Å². The van der Waals surface area contributed by atoms with Crippen molar-refractivity contribution >= 4 is 110 Å². The number of para-hydroxylation sites is 1. The molecule has 1 N–H and O–H groups in total. The van der Waals surface area contributed by atoms with Crippen molar-refractivity contribution in [1.29, 1.82) is 0 Å². The molecule has 2 aliphatic heterocycles. The molecule has 0 unspecified atom stereocenters. The zero-order chi connectivity index (χ0) is 26.1. The lowest BCUT2D eigenvalue weighted by atomic mass is 10.1. The molecule has 0 bridgehead atoms. The Morgan fingerprint density at radius 1 is 0.757 bits per heavy atom. The minimum Gasteiger partial charge on any atom is -0.298 e. The Bertz CT molecular complexity index is 1520. The van der Waals surface area contributed by atoms with Crippen LogP contribution in [0, 0.1) is 0 Å². The SMILES string of the molecule is O=C1NC(=S)N(c2ccc(Cl)cc2)C(=O)/C1=C\c1ccc(/C=C2\SC(=S)N(c3ccccc3)C2=S)cc1. The van der Waals surface area contributed by atoms with Crippen LogP contribution < -0.4 is 15.1 Å². The first kappa shape index (κ1) is 25.4. The zero-order valence-corrected chi connectivity index (χ0v) is 22.9. The molecule has 0 radical (unpaired) electrons. The van der Waals surface area contributed by atoms with E-state index in [1.54, 1.807) is 30.3 Å². The lowest BCUT2D eigenvalue weighted by Crippen LogP contribution is -2.54. The monoisotopic (exact) mass is 577 g/mol. The molecule has 2 fully saturated rings. The fourth-order valence-electron chi connectivity index (χ4n) is 3.76. The van der Waals surface area contributed by atoms with E-state index in [-0.39, 0.29) is 10.7 Å². The third kappa shape index (κ3) is 5.27. The molecule has 10 heteroatoms. The molecule has 5 nitrogen and oxygen atoms in total. The Morgan fingerprint density at radius 3 is 2.00 bits per heavy atom. The highest BCUT2D eigenvalue weighted by Gasteiger charge is 2.34. The van der Waals surface area contributed by atoms with Crippen molar-refractivity contribution in [1.82, 2.24) is 5.32 Å². The lowest BCUT2D eigenvalue weighted by Gasteiger charge is -2.28. The molecule has 0 aromatic heterocycles. The third-order valence-corrected chi connectivity index (χ3v) is 7.93. The third-order valence-electron chi connectivity index (χ3n) is 5.54. The van der Waals surface area contributed by atoms with Gasteiger partial charge in [-0.25, -0.2) is 0 Å². The van der Waals surface area contributed by atoms with Gasteiger partial charge in [0.05, 0.1) is 10.6 Å². The smallest absolute Gasteiger partial charge is 0.270 e. The number of carbonyl (C=O) groups excluding carboxylic acids is 2. The first-order valence-electron chi connectivity index (χ1n) is 10.9. The summed E-state index contributed by atoms with van der Waals surface area (Å²) in [6, 6.07) is 23.8. The van der Waals surface area contributed by atoms with Crippen LogP contribution >= 0.6 is 60.0 Å². The van der Waals surface area contributed by atoms with E-state index in [1.165, 1.54) is 16.7 Å². The number of hydrogen-bond acceptors (Lipinski definition) is 6. The number of amides is 2. The fourth-order valence-corrected chi connectivity index (χ4v) is 5.97. The molecule has 0 saturated carbocycles. The highest BCUT2D eigenvalue weighted by Crippen LogP contribution is 2.37. The van der Waals surface area contributed by atoms with Gasteiger partial charge in [0.25, 0.3) is 11.8 Å². The van der Waals surface area contributed by atoms with Gasteiger partial charge in [-0.05, 0) is 71.9 Å². The first-order valence-corrected chi connectivity index (χ1v) is 13.3. The van der Waals surface area contributed by atoms with E-state index in [1.807, 2.05) is 65.6 Å². The van der Waals surface area contributed by atoms with E-state index in [9.17, 15) is 9.59 Å². The Morgan fingerprint density at radius 2 is 1.35 bits per heavy atom. The number of hydrogen-bond donors (Lipinski definition) is 1. The van der Waals surface area contributed by atoms with Crippen LogP contribution in [0.1, 0.15) is 11.1 Å². The maximum Gasteiger partial charge on any atom is 0.270 e. The molecule has 2 saturated heterocycles. The number of nitrogens with one attached hydrogen (secondary N) is 1. The number of halogens is 1. The number of anilines is 2. The van der Waals surface area contributed by atoms with Gasteiger partial charge >= 0.3 is 0 Å². The van der Waals surface area contributed by atoms with Gasteiger partial charge in [0.1, 0.15) is 10.6 Å². The number of nitrogens with zero attached hydrogens (tertiary/aromatic N) is 2. The van der Waals surface area contributed by atoms with Crippen molar-refractivity contribution in [2.45, 2.75) is 0 Å². The topological polar surface area (TPSA) is 52.7 Å². The van der Waals surface area contributed by atoms with Crippen LogP contribution in [0.3, 0.4) is 0 Å². The number of benzene rings is 3. The number of carbonyl (C=O) groups is 2. The van der Waals surface area contributed by atoms with Crippen LogP contribution in [0.25, 0.3) is 12.2 Å². The van der Waals surface area contributed by atoms with Gasteiger partial charge in [-0.1, -0.05) is 90.3 Å². The van der Waals surface area contributed by atoms with Gasteiger partial charge in [-0.3, -0.25) is 24.7 Å². The summed E-state index contributed by atoms with van der Waals surface area (Å²) in [4.78, 5) is 30.4. The molecule has 3 aromatic rings. The Kier molecular flexibility index (Phi) is 7.32. The quantitative estimate of drug-likeness (QED) is 0.219. The molecule has 3 aromatic carbocycles. The minimum atomic E-state index is -0.548. The summed E-state index contributed by atoms with van der Waals surface area (Å²) in [5.74, 6) is -1.06. The van der Waals surface area contributed by atoms with Crippen molar-refractivity contribution in [3.05, 3.63) is 105 Å². The molecule has 2 aliphatic rings. The second-order valence-corrected chi connectivity index (χ2v) is 10.8. The molecular weight excluding hydrogens is 562 g/mol. The summed E-state index contributed by atoms with van der Waals surface area (Å²) in [6.07, 6.45) is 3.51. The molecule has 182 valence electrons. The maximum atomic E-state index is 13.2. The standard InChI is InChI=1S/C27H16ClN3O2S4/c28-18-10-12-20(13-11-18)30-24(33)21(23(32)29-26(30)35)14-16-6-8-17(9-7-16)15-22-25(34)31(27(36)37-22)19-4-2-1-3-5-19/h1-15H,(H,29,32,35)/b21-14-,22-15-. The van der Waals surface area contributed by atoms with Gasteiger partial charge in [-0.15, -0.1) is 0 Å². The van der Waals surface area contributed by atoms with E-state index >= 15 is 0 Å². The van der Waals surface area contributed by atoms with Crippen LogP contribution in [-0.4, -0.2) is 26.2 Å². The van der Waals surface area contributed by atoms with Crippen LogP contribution in [0.5, 0.6) is 0 Å². The van der Waals surface area contributed by atoms with Crippen molar-refractivity contribution in [3.8, 4) is 0 Å². The van der Waals surface area contributed by atoms with Crippen LogP contribution in [-0.2, 0) is 9.59 Å². The predicted molar refractivity (Wildman–Crippen MR) is 164 cm³/mol. The summed E-state index contributed by atoms with van der Waals surface area (Å²) < 4.78 is 0.675. The van der Waals surface area contributed by atoms with Crippen LogP contribution in [0.15, 0.2) is 89.3 Å². The van der Waals surface area contributed by atoms with Crippen LogP contribution in [0.2, 0.25) is 5.02 Å². The predicted octanol–water partition coefficient (Wildman–Crippen LogP) is 6.38. The van der Waals surface area contributed by atoms with Gasteiger partial charge in [0, 0.05) is 10.7 Å². The summed E-state index contributed by atoms with van der Waals surface area (Å²) in [7, 11) is 0. The Hall–Kier alpha value is -3.21. The van der Waals surface area contributed by atoms with Crippen LogP contribution in [0.4, 0.5) is 11.4 Å². The highest BCUT2D eigenvalue weighted by molar-refractivity contribution is 8.28. The summed E-state index contributed by atoms with van der Waals surface area (Å²) in [5.41, 5.74) is 3.02. The molecule has 0 spiro atoms. The van der Waals surface area contributed by atoms with Crippen molar-refractivity contribution in [2.24, 2.45) is 0 Å². The summed E-state index contributed by atoms with van der Waals surface area (Å²) in [6.45, 7) is 0. The maximum absolute atomic E-state index is 13.2. The molecule has 0 atom stereocenters. The molecule has 2 heterocycles. The normalized spacial score (nSPS) is 18.2. The second-order valence-electron chi connectivity index (χ2n) is 7.95. The van der Waals surface area contributed by atoms with E-state index in [4.69, 9.17) is 48.3 Å². The number of rotatable bonds is 4. The summed E-state index contributed by atoms with van der Waals surface area (Å²) in [5, 5.41) is 3.13. The Balaban J connectivity index is 1.37. The van der Waals surface area contributed by atoms with Crippen molar-refractivity contribution in [3.63, 3.8) is 0 Å². The lowest BCUT2D eigenvalue weighted by molar-refractivity contribution is -0.122. The molecule has 2 amide bonds. The zero-order valence-electron chi connectivity index (χ0n) is 18.9. The molecule has 5 rings (SSSR count). The van der Waals surface area contributed by atoms with E-state index in [2.05, 4.69) is 5.32 Å². The van der Waals surface area contributed by atoms with Crippen molar-refractivity contribution < 1.29 is 9.59 Å². The average Bonchev–Trinajstić information content (AvgIpc) is 3.16. The van der Waals surface area contributed by atoms with Gasteiger partial charge in [0.2, 0.25) is 0 Å². The van der Waals surface area contributed by atoms with Crippen molar-refractivity contribution in [2.75, 3.05) is 9.80 Å². The largest absolute Gasteiger partial charge is 0.298 e. The fraction of sp³-hybridized carbons (Fsp3) is 0. The molecular formula is C27H16ClN3O2S4. The van der Waals surface area contributed by atoms with Gasteiger partial charge < -0.3 is 0 Å². The molecule has 37 heavy (non-hydrogen) atoms. The number of thiocarbonyl (C=S) groups is 3. The number of thioether (sulfide) groups is 1. The minimum absolute atomic E-state index is 0.0175. The van der Waals surface area contributed by atoms with Gasteiger partial charge in [-0.2, -0.15) is 0 Å². The van der Waals surface area contributed by atoms with E-state index in [0.29, 0.717) is 25.6 Å². The van der Waals surface area contributed by atoms with E-state index in [0.717, 1.165) is 16.2 Å². The van der Waals surface area contributed by atoms with E-state index < -0.39 is 11.8 Å². The van der Waals surface area contributed by atoms with Gasteiger partial charge in [0.15, 0.2) is 9.43 Å². The summed E-state index contributed by atoms with van der Waals surface area (Å²) >= 11 is 23.9. The average molecular weight is 578 g/mol. The second kappa shape index (κ2) is 10.6.